The van der Waals surface area contributed by atoms with Gasteiger partial charge < -0.3 is 28.2 Å². The summed E-state index contributed by atoms with van der Waals surface area (Å²) < 4.78 is 0. The Balaban J connectivity index is -0.0000000267. The number of rotatable bonds is 2. The molecule has 48 valence electrons. The summed E-state index contributed by atoms with van der Waals surface area (Å²) in [6, 6.07) is 0. The first-order valence-corrected chi connectivity index (χ1v) is 2.21. The number of hydrogen-bond donors (Lipinski definition) is 1. The van der Waals surface area contributed by atoms with E-state index in [9.17, 15) is 0 Å². The van der Waals surface area contributed by atoms with Crippen molar-refractivity contribution in [2.24, 2.45) is 0 Å². The zero-order valence-corrected chi connectivity index (χ0v) is 10.4. The SMILES string of the molecule is CCCC[NH3+].[Br-].[K+].[OH-]. The zero-order valence-electron chi connectivity index (χ0n) is 5.65. The second kappa shape index (κ2) is 23.0. The summed E-state index contributed by atoms with van der Waals surface area (Å²) in [5, 5.41) is 0. The van der Waals surface area contributed by atoms with Gasteiger partial charge >= 0.3 is 51.4 Å². The van der Waals surface area contributed by atoms with Crippen molar-refractivity contribution in [3.63, 3.8) is 0 Å². The minimum Gasteiger partial charge on any atom is -1.00 e. The monoisotopic (exact) mass is 209 g/mol. The molecule has 0 fully saturated rings. The second-order valence-electron chi connectivity index (χ2n) is 1.21. The molecule has 0 amide bonds. The zero-order chi connectivity index (χ0) is 4.12. The van der Waals surface area contributed by atoms with Crippen LogP contribution >= 0.6 is 0 Å². The second-order valence-corrected chi connectivity index (χ2v) is 1.21. The molecule has 4 heteroatoms. The van der Waals surface area contributed by atoms with Gasteiger partial charge in [-0.1, -0.05) is 13.3 Å². The van der Waals surface area contributed by atoms with Crippen LogP contribution in [0.25, 0.3) is 0 Å². The average molecular weight is 210 g/mol. The first kappa shape index (κ1) is 22.5. The first-order chi connectivity index (χ1) is 2.41. The molecule has 0 radical (unpaired) electrons. The molecule has 0 aromatic carbocycles. The third kappa shape index (κ3) is 24.4. The Bertz CT molecular complexity index is 23.5. The van der Waals surface area contributed by atoms with Crippen molar-refractivity contribution in [1.82, 2.24) is 0 Å². The van der Waals surface area contributed by atoms with Crippen molar-refractivity contribution in [3.05, 3.63) is 0 Å². The molecular formula is C4H13BrKNO. The van der Waals surface area contributed by atoms with Gasteiger partial charge in [0.15, 0.2) is 0 Å². The molecule has 0 saturated carbocycles. The van der Waals surface area contributed by atoms with Gasteiger partial charge in [0.05, 0.1) is 6.54 Å². The van der Waals surface area contributed by atoms with E-state index in [0.717, 1.165) is 6.54 Å². The molecule has 0 unspecified atom stereocenters. The van der Waals surface area contributed by atoms with E-state index in [2.05, 4.69) is 12.7 Å². The Hall–Kier alpha value is 2.04. The van der Waals surface area contributed by atoms with Crippen molar-refractivity contribution in [2.45, 2.75) is 19.8 Å². The van der Waals surface area contributed by atoms with Crippen LogP contribution in [0.2, 0.25) is 0 Å². The quantitative estimate of drug-likeness (QED) is 0.453. The average Bonchev–Trinajstić information content (AvgIpc) is 1.41. The summed E-state index contributed by atoms with van der Waals surface area (Å²) in [7, 11) is 0. The van der Waals surface area contributed by atoms with Crippen LogP contribution in [0.4, 0.5) is 0 Å². The Morgan fingerprint density at radius 1 is 1.38 bits per heavy atom. The van der Waals surface area contributed by atoms with E-state index in [1.807, 2.05) is 0 Å². The Morgan fingerprint density at radius 2 is 1.75 bits per heavy atom. The van der Waals surface area contributed by atoms with Crippen molar-refractivity contribution in [3.8, 4) is 0 Å². The molecule has 0 bridgehead atoms. The smallest absolute Gasteiger partial charge is 1.00 e. The van der Waals surface area contributed by atoms with Crippen LogP contribution in [0.5, 0.6) is 0 Å². The Labute approximate surface area is 104 Å². The van der Waals surface area contributed by atoms with Gasteiger partial charge in [0.25, 0.3) is 0 Å². The summed E-state index contributed by atoms with van der Waals surface area (Å²) in [4.78, 5) is 0. The summed E-state index contributed by atoms with van der Waals surface area (Å²) in [6.45, 7) is 3.27. The standard InChI is InChI=1S/C4H11N.BrH.K.H2O/c1-2-3-4-5;;;/h2-5H2,1H3;1H;;1H2/q;;+1;/p-1. The van der Waals surface area contributed by atoms with Gasteiger partial charge in [0.2, 0.25) is 0 Å². The molecule has 0 aliphatic rings. The van der Waals surface area contributed by atoms with Crippen LogP contribution in [-0.2, 0) is 0 Å². The molecule has 4 N–H and O–H groups in total. The third-order valence-corrected chi connectivity index (χ3v) is 0.604. The van der Waals surface area contributed by atoms with Crippen LogP contribution in [0.3, 0.4) is 0 Å². The van der Waals surface area contributed by atoms with Gasteiger partial charge in [-0.15, -0.1) is 0 Å². The normalized spacial score (nSPS) is 5.25. The maximum atomic E-state index is 3.68. The summed E-state index contributed by atoms with van der Waals surface area (Å²) >= 11 is 0. The first-order valence-electron chi connectivity index (χ1n) is 2.21. The Kier molecular flexibility index (Phi) is 64.7. The summed E-state index contributed by atoms with van der Waals surface area (Å²) in [5.74, 6) is 0. The predicted molar refractivity (Wildman–Crippen MR) is 24.6 cm³/mol. The van der Waals surface area contributed by atoms with Crippen molar-refractivity contribution in [1.29, 1.82) is 0 Å². The van der Waals surface area contributed by atoms with E-state index < -0.39 is 0 Å². The molecule has 0 aliphatic heterocycles. The topological polar surface area (TPSA) is 57.6 Å². The van der Waals surface area contributed by atoms with Crippen LogP contribution in [0.1, 0.15) is 19.8 Å². The number of halogens is 1. The van der Waals surface area contributed by atoms with Crippen LogP contribution in [0.15, 0.2) is 0 Å². The van der Waals surface area contributed by atoms with Gasteiger partial charge in [-0.3, -0.25) is 0 Å². The maximum Gasteiger partial charge on any atom is 1.00 e. The molecular weight excluding hydrogens is 197 g/mol. The van der Waals surface area contributed by atoms with E-state index in [0.29, 0.717) is 0 Å². The van der Waals surface area contributed by atoms with E-state index >= 15 is 0 Å². The van der Waals surface area contributed by atoms with Crippen molar-refractivity contribution >= 4 is 0 Å². The fourth-order valence-corrected chi connectivity index (χ4v) is 0.250. The molecule has 0 heterocycles. The van der Waals surface area contributed by atoms with Gasteiger partial charge in [0.1, 0.15) is 0 Å². The molecule has 2 nitrogen and oxygen atoms in total. The van der Waals surface area contributed by atoms with Crippen molar-refractivity contribution < 1.29 is 79.6 Å². The molecule has 0 saturated heterocycles. The third-order valence-electron chi connectivity index (χ3n) is 0.604. The van der Waals surface area contributed by atoms with E-state index in [4.69, 9.17) is 0 Å². The molecule has 8 heavy (non-hydrogen) atoms. The van der Waals surface area contributed by atoms with Crippen molar-refractivity contribution in [2.75, 3.05) is 6.54 Å². The number of quaternary nitrogens is 1. The van der Waals surface area contributed by atoms with Crippen LogP contribution < -0.4 is 74.1 Å². The maximum absolute atomic E-state index is 3.68. The molecule has 0 aromatic rings. The molecule has 0 aliphatic carbocycles. The fourth-order valence-electron chi connectivity index (χ4n) is 0.250. The molecule has 0 rings (SSSR count). The minimum absolute atomic E-state index is 0. The minimum atomic E-state index is 0. The van der Waals surface area contributed by atoms with E-state index in [1.165, 1.54) is 12.8 Å². The van der Waals surface area contributed by atoms with Crippen LogP contribution in [-0.4, -0.2) is 12.0 Å². The number of unbranched alkanes of at least 4 members (excludes halogenated alkanes) is 1. The molecule has 0 aromatic heterocycles. The van der Waals surface area contributed by atoms with E-state index in [-0.39, 0.29) is 73.8 Å². The van der Waals surface area contributed by atoms with Gasteiger partial charge in [-0.05, 0) is 6.42 Å². The Morgan fingerprint density at radius 3 is 1.75 bits per heavy atom. The van der Waals surface area contributed by atoms with E-state index in [1.54, 1.807) is 0 Å². The van der Waals surface area contributed by atoms with Crippen LogP contribution in [0, 0.1) is 0 Å². The largest absolute Gasteiger partial charge is 1.00 e. The molecule has 0 spiro atoms. The van der Waals surface area contributed by atoms with Gasteiger partial charge in [-0.2, -0.15) is 0 Å². The molecule has 0 atom stereocenters. The number of hydrogen-bond acceptors (Lipinski definition) is 1. The predicted octanol–water partition coefficient (Wildman–Crippen LogP) is -6.14. The fraction of sp³-hybridized carbons (Fsp3) is 1.00. The van der Waals surface area contributed by atoms with Gasteiger partial charge in [0, 0.05) is 0 Å². The summed E-state index contributed by atoms with van der Waals surface area (Å²) in [6.07, 6.45) is 2.56. The summed E-state index contributed by atoms with van der Waals surface area (Å²) in [5.41, 5.74) is 3.68. The van der Waals surface area contributed by atoms with Gasteiger partial charge in [-0.25, -0.2) is 0 Å².